The van der Waals surface area contributed by atoms with Crippen LogP contribution in [0.15, 0.2) is 71.2 Å². The van der Waals surface area contributed by atoms with Gasteiger partial charge in [0.2, 0.25) is 0 Å². The van der Waals surface area contributed by atoms with Crippen molar-refractivity contribution in [3.63, 3.8) is 0 Å². The Morgan fingerprint density at radius 3 is 2.36 bits per heavy atom. The Morgan fingerprint density at radius 2 is 1.61 bits per heavy atom. The molecule has 0 aliphatic heterocycles. The van der Waals surface area contributed by atoms with Gasteiger partial charge in [0.1, 0.15) is 0 Å². The first-order chi connectivity index (χ1) is 13.7. The normalized spacial score (nSPS) is 11.2. The number of nitrogens with two attached hydrogens (primary N) is 1. The lowest BCUT2D eigenvalue weighted by Gasteiger charge is -2.11. The van der Waals surface area contributed by atoms with E-state index < -0.39 is 0 Å². The maximum absolute atomic E-state index is 6.57. The van der Waals surface area contributed by atoms with Crippen molar-refractivity contribution in [2.24, 2.45) is 5.73 Å². The molecular formula is C24H22BrClN2. The van der Waals surface area contributed by atoms with Gasteiger partial charge in [-0.2, -0.15) is 0 Å². The maximum atomic E-state index is 6.57. The van der Waals surface area contributed by atoms with E-state index in [9.17, 15) is 0 Å². The summed E-state index contributed by atoms with van der Waals surface area (Å²) < 4.78 is 0.993. The molecule has 0 saturated heterocycles. The Kier molecular flexibility index (Phi) is 5.86. The number of aryl methyl sites for hydroxylation is 1. The van der Waals surface area contributed by atoms with Crippen molar-refractivity contribution in [3.05, 3.63) is 81.8 Å². The second-order valence-corrected chi connectivity index (χ2v) is 8.27. The lowest BCUT2D eigenvalue weighted by atomic mass is 9.94. The zero-order valence-electron chi connectivity index (χ0n) is 15.5. The van der Waals surface area contributed by atoms with E-state index in [-0.39, 0.29) is 0 Å². The maximum Gasteiger partial charge on any atom is 0.0658 e. The molecule has 2 nitrogen and oxygen atoms in total. The number of hydrogen-bond donors (Lipinski definition) is 2. The van der Waals surface area contributed by atoms with E-state index in [0.717, 1.165) is 40.0 Å². The molecule has 0 saturated carbocycles. The number of aromatic amines is 1. The van der Waals surface area contributed by atoms with Gasteiger partial charge in [-0.25, -0.2) is 0 Å². The number of fused-ring (bicyclic) bond motifs is 1. The van der Waals surface area contributed by atoms with Crippen molar-refractivity contribution in [1.29, 1.82) is 0 Å². The van der Waals surface area contributed by atoms with Gasteiger partial charge in [-0.3, -0.25) is 0 Å². The van der Waals surface area contributed by atoms with Crippen molar-refractivity contribution in [3.8, 4) is 22.4 Å². The van der Waals surface area contributed by atoms with Crippen LogP contribution in [0.1, 0.15) is 18.4 Å². The number of nitrogens with one attached hydrogen (secondary N) is 1. The van der Waals surface area contributed by atoms with E-state index >= 15 is 0 Å². The van der Waals surface area contributed by atoms with Crippen LogP contribution in [0.5, 0.6) is 0 Å². The van der Waals surface area contributed by atoms with Crippen LogP contribution in [-0.4, -0.2) is 11.5 Å². The zero-order chi connectivity index (χ0) is 19.5. The fourth-order valence-corrected chi connectivity index (χ4v) is 4.64. The molecule has 0 amide bonds. The number of aromatic nitrogens is 1. The summed E-state index contributed by atoms with van der Waals surface area (Å²) in [4.78, 5) is 3.63. The van der Waals surface area contributed by atoms with Crippen LogP contribution in [-0.2, 0) is 6.42 Å². The molecule has 0 fully saturated rings. The van der Waals surface area contributed by atoms with E-state index in [4.69, 9.17) is 17.3 Å². The molecule has 0 bridgehead atoms. The molecule has 3 aromatic carbocycles. The minimum atomic E-state index is 0.711. The monoisotopic (exact) mass is 452 g/mol. The highest BCUT2D eigenvalue weighted by Gasteiger charge is 2.18. The van der Waals surface area contributed by atoms with Gasteiger partial charge in [-0.1, -0.05) is 82.1 Å². The van der Waals surface area contributed by atoms with Crippen molar-refractivity contribution in [1.82, 2.24) is 4.98 Å². The molecule has 3 N–H and O–H groups in total. The molecule has 0 aliphatic rings. The second kappa shape index (κ2) is 8.52. The van der Waals surface area contributed by atoms with Crippen LogP contribution in [0.3, 0.4) is 0 Å². The first kappa shape index (κ1) is 19.3. The molecule has 142 valence electrons. The molecule has 1 aromatic heterocycles. The quantitative estimate of drug-likeness (QED) is 0.298. The molecular weight excluding hydrogens is 432 g/mol. The minimum Gasteiger partial charge on any atom is -0.353 e. The van der Waals surface area contributed by atoms with Gasteiger partial charge >= 0.3 is 0 Å². The lowest BCUT2D eigenvalue weighted by Crippen LogP contribution is -1.99. The SMILES string of the molecule is NCCCCc1c(-c2ccccc2-c2ccccc2)[nH]c2c(Cl)cc(Br)cc12. The standard InChI is InChI=1S/C24H22BrClN2/c25-17-14-21-20(12-6-7-13-27)23(28-24(21)22(26)15-17)19-11-5-4-10-18(19)16-8-2-1-3-9-16/h1-5,8-11,14-15,28H,6-7,12-13,27H2. The number of unbranched alkanes of at least 4 members (excludes halogenated alkanes) is 1. The van der Waals surface area contributed by atoms with E-state index in [1.54, 1.807) is 0 Å². The van der Waals surface area contributed by atoms with E-state index in [1.165, 1.54) is 27.6 Å². The lowest BCUT2D eigenvalue weighted by molar-refractivity contribution is 0.748. The van der Waals surface area contributed by atoms with Crippen LogP contribution >= 0.6 is 27.5 Å². The number of benzene rings is 3. The topological polar surface area (TPSA) is 41.8 Å². The van der Waals surface area contributed by atoms with Gasteiger partial charge in [0.15, 0.2) is 0 Å². The highest BCUT2D eigenvalue weighted by atomic mass is 79.9. The number of rotatable bonds is 6. The van der Waals surface area contributed by atoms with Crippen molar-refractivity contribution < 1.29 is 0 Å². The predicted molar refractivity (Wildman–Crippen MR) is 124 cm³/mol. The summed E-state index contributed by atoms with van der Waals surface area (Å²) in [5.74, 6) is 0. The summed E-state index contributed by atoms with van der Waals surface area (Å²) in [6.07, 6.45) is 3.02. The molecule has 1 heterocycles. The van der Waals surface area contributed by atoms with Gasteiger partial charge in [0, 0.05) is 15.4 Å². The molecule has 4 heteroatoms. The van der Waals surface area contributed by atoms with Crippen LogP contribution in [0.2, 0.25) is 5.02 Å². The number of hydrogen-bond acceptors (Lipinski definition) is 1. The summed E-state index contributed by atoms with van der Waals surface area (Å²) in [6, 6.07) is 23.1. The third kappa shape index (κ3) is 3.75. The smallest absolute Gasteiger partial charge is 0.0658 e. The van der Waals surface area contributed by atoms with Crippen LogP contribution in [0.4, 0.5) is 0 Å². The van der Waals surface area contributed by atoms with Gasteiger partial charge in [0.05, 0.1) is 16.2 Å². The zero-order valence-corrected chi connectivity index (χ0v) is 17.9. The van der Waals surface area contributed by atoms with E-state index in [0.29, 0.717) is 6.54 Å². The van der Waals surface area contributed by atoms with E-state index in [1.807, 2.05) is 12.1 Å². The first-order valence-corrected chi connectivity index (χ1v) is 10.7. The summed E-state index contributed by atoms with van der Waals surface area (Å²) in [5, 5.41) is 1.90. The Labute approximate surface area is 178 Å². The Bertz CT molecular complexity index is 1100. The predicted octanol–water partition coefficient (Wildman–Crippen LogP) is 7.20. The number of H-pyrrole nitrogens is 1. The van der Waals surface area contributed by atoms with Crippen molar-refractivity contribution >= 4 is 38.4 Å². The average Bonchev–Trinajstić information content (AvgIpc) is 3.07. The van der Waals surface area contributed by atoms with Crippen molar-refractivity contribution in [2.75, 3.05) is 6.54 Å². The van der Waals surface area contributed by atoms with Crippen LogP contribution in [0, 0.1) is 0 Å². The Balaban J connectivity index is 1.94. The second-order valence-electron chi connectivity index (χ2n) is 6.95. The van der Waals surface area contributed by atoms with Gasteiger partial charge in [0.25, 0.3) is 0 Å². The third-order valence-corrected chi connectivity index (χ3v) is 5.85. The minimum absolute atomic E-state index is 0.711. The first-order valence-electron chi connectivity index (χ1n) is 9.53. The summed E-state index contributed by atoms with van der Waals surface area (Å²) in [5.41, 5.74) is 12.8. The molecule has 4 aromatic rings. The van der Waals surface area contributed by atoms with Gasteiger partial charge in [-0.05, 0) is 54.6 Å². The summed E-state index contributed by atoms with van der Waals surface area (Å²) in [7, 11) is 0. The van der Waals surface area contributed by atoms with Gasteiger partial charge < -0.3 is 10.7 Å². The molecule has 0 atom stereocenters. The van der Waals surface area contributed by atoms with Gasteiger partial charge in [-0.15, -0.1) is 0 Å². The highest BCUT2D eigenvalue weighted by Crippen LogP contribution is 2.40. The Hall–Kier alpha value is -2.07. The average molecular weight is 454 g/mol. The van der Waals surface area contributed by atoms with Crippen LogP contribution in [0.25, 0.3) is 33.3 Å². The largest absolute Gasteiger partial charge is 0.353 e. The fourth-order valence-electron chi connectivity index (χ4n) is 3.78. The summed E-state index contributed by atoms with van der Waals surface area (Å²) in [6.45, 7) is 0.711. The highest BCUT2D eigenvalue weighted by molar-refractivity contribution is 9.10. The fraction of sp³-hybridized carbons (Fsp3) is 0.167. The third-order valence-electron chi connectivity index (χ3n) is 5.09. The molecule has 0 spiro atoms. The molecule has 28 heavy (non-hydrogen) atoms. The van der Waals surface area contributed by atoms with E-state index in [2.05, 4.69) is 75.5 Å². The molecule has 0 radical (unpaired) electrons. The summed E-state index contributed by atoms with van der Waals surface area (Å²) >= 11 is 10.2. The van der Waals surface area contributed by atoms with Crippen molar-refractivity contribution in [2.45, 2.75) is 19.3 Å². The molecule has 0 aliphatic carbocycles. The number of halogens is 2. The Morgan fingerprint density at radius 1 is 0.893 bits per heavy atom. The molecule has 4 rings (SSSR count). The van der Waals surface area contributed by atoms with Crippen LogP contribution < -0.4 is 5.73 Å². The molecule has 0 unspecified atom stereocenters.